The molecule has 0 radical (unpaired) electrons. The lowest BCUT2D eigenvalue weighted by atomic mass is 9.87. The van der Waals surface area contributed by atoms with Crippen LogP contribution in [0.2, 0.25) is 0 Å². The van der Waals surface area contributed by atoms with E-state index >= 15 is 0 Å². The minimum Gasteiger partial charge on any atom is -0.469 e. The van der Waals surface area contributed by atoms with Crippen LogP contribution < -0.4 is 0 Å². The first-order chi connectivity index (χ1) is 8.94. The van der Waals surface area contributed by atoms with Crippen molar-refractivity contribution < 1.29 is 23.8 Å². The average molecular weight is 274 g/mol. The van der Waals surface area contributed by atoms with Crippen molar-refractivity contribution in [2.24, 2.45) is 11.8 Å². The van der Waals surface area contributed by atoms with E-state index in [1.165, 1.54) is 7.11 Å². The molecule has 0 spiro atoms. The fourth-order valence-corrected chi connectivity index (χ4v) is 1.93. The molecule has 0 aromatic carbocycles. The van der Waals surface area contributed by atoms with Gasteiger partial charge >= 0.3 is 5.97 Å². The van der Waals surface area contributed by atoms with Gasteiger partial charge in [-0.1, -0.05) is 13.8 Å². The summed E-state index contributed by atoms with van der Waals surface area (Å²) in [7, 11) is 4.50. The fourth-order valence-electron chi connectivity index (χ4n) is 1.93. The minimum absolute atomic E-state index is 0.0797. The molecule has 0 rings (SSSR count). The van der Waals surface area contributed by atoms with Crippen molar-refractivity contribution in [2.45, 2.75) is 45.8 Å². The molecule has 0 heterocycles. The number of hydrogen-bond acceptors (Lipinski definition) is 5. The van der Waals surface area contributed by atoms with E-state index in [2.05, 4.69) is 18.6 Å². The number of hydrogen-bond donors (Lipinski definition) is 0. The number of rotatable bonds is 10. The highest BCUT2D eigenvalue weighted by molar-refractivity contribution is 5.95. The SMILES string of the molecule is COC(=O)CC(=O)CCC(CC(OC)OC)C(C)C. The topological polar surface area (TPSA) is 61.8 Å². The van der Waals surface area contributed by atoms with Crippen LogP contribution in [0.5, 0.6) is 0 Å². The summed E-state index contributed by atoms with van der Waals surface area (Å²) >= 11 is 0. The van der Waals surface area contributed by atoms with E-state index in [1.54, 1.807) is 14.2 Å². The van der Waals surface area contributed by atoms with Gasteiger partial charge < -0.3 is 14.2 Å². The van der Waals surface area contributed by atoms with Crippen molar-refractivity contribution in [1.29, 1.82) is 0 Å². The summed E-state index contributed by atoms with van der Waals surface area (Å²) in [6.45, 7) is 4.22. The van der Waals surface area contributed by atoms with Crippen molar-refractivity contribution in [3.05, 3.63) is 0 Å². The molecule has 0 saturated heterocycles. The molecular formula is C14H26O5. The van der Waals surface area contributed by atoms with Crippen LogP contribution in [0, 0.1) is 11.8 Å². The molecule has 0 bridgehead atoms. The molecule has 1 atom stereocenters. The van der Waals surface area contributed by atoms with E-state index in [1.807, 2.05) is 0 Å². The Balaban J connectivity index is 4.21. The zero-order chi connectivity index (χ0) is 14.8. The number of methoxy groups -OCH3 is 3. The molecule has 0 fully saturated rings. The van der Waals surface area contributed by atoms with Crippen molar-refractivity contribution in [2.75, 3.05) is 21.3 Å². The maximum Gasteiger partial charge on any atom is 0.313 e. The number of esters is 1. The zero-order valence-corrected chi connectivity index (χ0v) is 12.6. The lowest BCUT2D eigenvalue weighted by molar-refractivity contribution is -0.143. The van der Waals surface area contributed by atoms with Crippen LogP contribution >= 0.6 is 0 Å². The Morgan fingerprint density at radius 1 is 1.05 bits per heavy atom. The Kier molecular flexibility index (Phi) is 9.43. The van der Waals surface area contributed by atoms with Gasteiger partial charge in [-0.2, -0.15) is 0 Å². The maximum absolute atomic E-state index is 11.6. The molecule has 19 heavy (non-hydrogen) atoms. The third-order valence-electron chi connectivity index (χ3n) is 3.33. The molecule has 0 aliphatic carbocycles. The van der Waals surface area contributed by atoms with Crippen LogP contribution in [0.3, 0.4) is 0 Å². The second-order valence-electron chi connectivity index (χ2n) is 4.97. The van der Waals surface area contributed by atoms with E-state index in [0.29, 0.717) is 18.3 Å². The first-order valence-electron chi connectivity index (χ1n) is 6.58. The van der Waals surface area contributed by atoms with Gasteiger partial charge in [0.2, 0.25) is 0 Å². The van der Waals surface area contributed by atoms with E-state index in [-0.39, 0.29) is 18.5 Å². The zero-order valence-electron chi connectivity index (χ0n) is 12.6. The van der Waals surface area contributed by atoms with Crippen molar-refractivity contribution >= 4 is 11.8 Å². The van der Waals surface area contributed by atoms with E-state index in [4.69, 9.17) is 9.47 Å². The second-order valence-corrected chi connectivity index (χ2v) is 4.97. The third kappa shape index (κ3) is 7.95. The van der Waals surface area contributed by atoms with Crippen molar-refractivity contribution in [3.63, 3.8) is 0 Å². The van der Waals surface area contributed by atoms with Crippen LogP contribution in [0.1, 0.15) is 39.5 Å². The summed E-state index contributed by atoms with van der Waals surface area (Å²) in [6.07, 6.45) is 1.48. The van der Waals surface area contributed by atoms with Crippen LogP contribution in [0.15, 0.2) is 0 Å². The average Bonchev–Trinajstić information content (AvgIpc) is 2.38. The first-order valence-corrected chi connectivity index (χ1v) is 6.58. The van der Waals surface area contributed by atoms with Gasteiger partial charge in [0.05, 0.1) is 7.11 Å². The lowest BCUT2D eigenvalue weighted by Crippen LogP contribution is -2.22. The van der Waals surface area contributed by atoms with Gasteiger partial charge in [-0.15, -0.1) is 0 Å². The molecule has 0 aromatic heterocycles. The molecular weight excluding hydrogens is 248 g/mol. The van der Waals surface area contributed by atoms with E-state index in [0.717, 1.165) is 12.8 Å². The highest BCUT2D eigenvalue weighted by Crippen LogP contribution is 2.24. The summed E-state index contributed by atoms with van der Waals surface area (Å²) in [5, 5.41) is 0. The van der Waals surface area contributed by atoms with Crippen LogP contribution in [-0.2, 0) is 23.8 Å². The number of ether oxygens (including phenoxy) is 3. The highest BCUT2D eigenvalue weighted by Gasteiger charge is 2.20. The second kappa shape index (κ2) is 9.92. The van der Waals surface area contributed by atoms with Crippen LogP contribution in [0.25, 0.3) is 0 Å². The Morgan fingerprint density at radius 3 is 2.05 bits per heavy atom. The molecule has 0 saturated carbocycles. The summed E-state index contributed by atoms with van der Waals surface area (Å²) in [4.78, 5) is 22.6. The number of Topliss-reactive ketones (excluding diaryl/α,β-unsaturated/α-hetero) is 1. The molecule has 1 unspecified atom stereocenters. The Bertz CT molecular complexity index is 271. The number of carbonyl (C=O) groups excluding carboxylic acids is 2. The fraction of sp³-hybridized carbons (Fsp3) is 0.857. The van der Waals surface area contributed by atoms with Gasteiger partial charge in [0.1, 0.15) is 12.2 Å². The van der Waals surface area contributed by atoms with Gasteiger partial charge in [0, 0.05) is 27.1 Å². The summed E-state index contributed by atoms with van der Waals surface area (Å²) in [5.74, 6) is 0.201. The predicted octanol–water partition coefficient (Wildman–Crippen LogP) is 2.18. The van der Waals surface area contributed by atoms with Gasteiger partial charge in [-0.3, -0.25) is 9.59 Å². The third-order valence-corrected chi connectivity index (χ3v) is 3.33. The van der Waals surface area contributed by atoms with Gasteiger partial charge in [-0.25, -0.2) is 0 Å². The summed E-state index contributed by atoms with van der Waals surface area (Å²) in [6, 6.07) is 0. The molecule has 0 aliphatic heterocycles. The molecule has 0 N–H and O–H groups in total. The number of carbonyl (C=O) groups is 2. The van der Waals surface area contributed by atoms with Gasteiger partial charge in [0.15, 0.2) is 6.29 Å². The molecule has 112 valence electrons. The monoisotopic (exact) mass is 274 g/mol. The Labute approximate surface area is 115 Å². The van der Waals surface area contributed by atoms with Crippen molar-refractivity contribution in [1.82, 2.24) is 0 Å². The first kappa shape index (κ1) is 18.1. The predicted molar refractivity (Wildman–Crippen MR) is 71.6 cm³/mol. The molecule has 0 aliphatic rings. The Hall–Kier alpha value is -0.940. The lowest BCUT2D eigenvalue weighted by Gasteiger charge is -2.24. The largest absolute Gasteiger partial charge is 0.469 e. The van der Waals surface area contributed by atoms with Crippen LogP contribution in [0.4, 0.5) is 0 Å². The molecule has 0 aromatic rings. The molecule has 5 heteroatoms. The highest BCUT2D eigenvalue weighted by atomic mass is 16.7. The van der Waals surface area contributed by atoms with E-state index in [9.17, 15) is 9.59 Å². The van der Waals surface area contributed by atoms with Crippen LogP contribution in [-0.4, -0.2) is 39.4 Å². The maximum atomic E-state index is 11.6. The molecule has 0 amide bonds. The number of ketones is 1. The quantitative estimate of drug-likeness (QED) is 0.347. The van der Waals surface area contributed by atoms with E-state index < -0.39 is 5.97 Å². The summed E-state index contributed by atoms with van der Waals surface area (Å²) < 4.78 is 14.8. The molecule has 5 nitrogen and oxygen atoms in total. The normalized spacial score (nSPS) is 12.8. The van der Waals surface area contributed by atoms with Gasteiger partial charge in [0.25, 0.3) is 0 Å². The van der Waals surface area contributed by atoms with Crippen molar-refractivity contribution in [3.8, 4) is 0 Å². The minimum atomic E-state index is -0.474. The van der Waals surface area contributed by atoms with Gasteiger partial charge in [-0.05, 0) is 18.3 Å². The smallest absolute Gasteiger partial charge is 0.313 e. The summed E-state index contributed by atoms with van der Waals surface area (Å²) in [5.41, 5.74) is 0. The standard InChI is InChI=1S/C14H26O5/c1-10(2)11(8-14(18-4)19-5)6-7-12(15)9-13(16)17-3/h10-11,14H,6-9H2,1-5H3. The Morgan fingerprint density at radius 2 is 1.63 bits per heavy atom.